The lowest BCUT2D eigenvalue weighted by Gasteiger charge is -2.07. The van der Waals surface area contributed by atoms with Crippen LogP contribution in [0, 0.1) is 0 Å². The van der Waals surface area contributed by atoms with Crippen molar-refractivity contribution in [1.82, 2.24) is 0 Å². The summed E-state index contributed by atoms with van der Waals surface area (Å²) in [4.78, 5) is 11.8. The Balaban J connectivity index is 2.68. The van der Waals surface area contributed by atoms with E-state index in [2.05, 4.69) is 0 Å². The number of allylic oxidation sites excluding steroid dienone is 1. The molecule has 0 spiro atoms. The topological polar surface area (TPSA) is 34.1 Å². The van der Waals surface area contributed by atoms with E-state index in [0.29, 0.717) is 5.56 Å². The summed E-state index contributed by atoms with van der Waals surface area (Å²) in [6.07, 6.45) is 3.36. The number of ketones is 1. The third-order valence-corrected chi connectivity index (χ3v) is 2.43. The van der Waals surface area contributed by atoms with Crippen LogP contribution < -0.4 is 0 Å². The van der Waals surface area contributed by atoms with E-state index in [1.807, 2.05) is 12.1 Å². The number of benzene rings is 1. The van der Waals surface area contributed by atoms with E-state index in [1.165, 1.54) is 0 Å². The van der Waals surface area contributed by atoms with Gasteiger partial charge in [0.2, 0.25) is 5.78 Å². The lowest BCUT2D eigenvalue weighted by Crippen LogP contribution is -2.16. The van der Waals surface area contributed by atoms with Crippen molar-refractivity contribution in [2.45, 2.75) is 0 Å². The maximum absolute atomic E-state index is 11.5. The molecule has 2 rings (SSSR count). The monoisotopic (exact) mass is 190 g/mol. The number of carbonyl (C=O) groups excluding carboxylic acids is 1. The second kappa shape index (κ2) is 3.11. The van der Waals surface area contributed by atoms with Gasteiger partial charge in [0.15, 0.2) is 0 Å². The molecule has 1 aromatic carbocycles. The van der Waals surface area contributed by atoms with Crippen LogP contribution in [-0.2, 0) is 11.3 Å². The Morgan fingerprint density at radius 1 is 1.08 bits per heavy atom. The second-order valence-electron chi connectivity index (χ2n) is 2.70. The summed E-state index contributed by atoms with van der Waals surface area (Å²) in [5, 5.41) is 0. The second-order valence-corrected chi connectivity index (χ2v) is 3.30. The number of hydrogen-bond donors (Lipinski definition) is 0. The molecule has 3 heteroatoms. The van der Waals surface area contributed by atoms with Crippen LogP contribution in [0.15, 0.2) is 30.3 Å². The van der Waals surface area contributed by atoms with Crippen LogP contribution in [0.3, 0.4) is 0 Å². The summed E-state index contributed by atoms with van der Waals surface area (Å²) in [7, 11) is 0. The molecule has 0 unspecified atom stereocenters. The molecule has 1 aromatic rings. The molecular formula is C10H6O2S. The van der Waals surface area contributed by atoms with E-state index in [1.54, 1.807) is 24.3 Å². The van der Waals surface area contributed by atoms with Crippen molar-refractivity contribution in [2.24, 2.45) is 0 Å². The fourth-order valence-electron chi connectivity index (χ4n) is 1.29. The fraction of sp³-hybridized carbons (Fsp3) is 0. The maximum Gasteiger partial charge on any atom is 0.206 e. The van der Waals surface area contributed by atoms with Crippen LogP contribution in [0.1, 0.15) is 15.9 Å². The number of hydrogen-bond acceptors (Lipinski definition) is 2. The average Bonchev–Trinajstić information content (AvgIpc) is 2.19. The van der Waals surface area contributed by atoms with E-state index < -0.39 is 0 Å². The van der Waals surface area contributed by atoms with Crippen molar-refractivity contribution in [1.29, 1.82) is 0 Å². The molecule has 2 nitrogen and oxygen atoms in total. The van der Waals surface area contributed by atoms with Crippen molar-refractivity contribution >= 4 is 28.0 Å². The molecule has 0 heterocycles. The first kappa shape index (κ1) is 8.13. The summed E-state index contributed by atoms with van der Waals surface area (Å²) in [6.45, 7) is 0. The van der Waals surface area contributed by atoms with Crippen molar-refractivity contribution in [2.75, 3.05) is 0 Å². The molecule has 0 bridgehead atoms. The van der Waals surface area contributed by atoms with E-state index >= 15 is 0 Å². The first-order valence-corrected chi connectivity index (χ1v) is 4.55. The van der Waals surface area contributed by atoms with Crippen LogP contribution in [0.2, 0.25) is 0 Å². The Morgan fingerprint density at radius 2 is 1.85 bits per heavy atom. The standard InChI is InChI=1S/C10H6O2S/c11-10-8-4-2-1-3-7(8)5-6-9(10)13-12/h1-6H. The Morgan fingerprint density at radius 3 is 2.62 bits per heavy atom. The Hall–Kier alpha value is -1.48. The van der Waals surface area contributed by atoms with Crippen LogP contribution in [-0.4, -0.2) is 14.9 Å². The van der Waals surface area contributed by atoms with Crippen LogP contribution in [0.5, 0.6) is 0 Å². The highest BCUT2D eigenvalue weighted by Crippen LogP contribution is 2.16. The van der Waals surface area contributed by atoms with Gasteiger partial charge in [-0.3, -0.25) is 4.79 Å². The fourth-order valence-corrected chi connectivity index (χ4v) is 1.60. The molecule has 0 saturated carbocycles. The van der Waals surface area contributed by atoms with Gasteiger partial charge in [-0.1, -0.05) is 30.3 Å². The summed E-state index contributed by atoms with van der Waals surface area (Å²) >= 11 is 0.248. The highest BCUT2D eigenvalue weighted by Gasteiger charge is 2.17. The SMILES string of the molecule is O=S=C1C=Cc2ccccc2C1=O. The van der Waals surface area contributed by atoms with Gasteiger partial charge < -0.3 is 0 Å². The lowest BCUT2D eigenvalue weighted by atomic mass is 9.96. The van der Waals surface area contributed by atoms with Crippen molar-refractivity contribution in [3.63, 3.8) is 0 Å². The molecule has 1 aliphatic rings. The minimum Gasteiger partial charge on any atom is -0.288 e. The van der Waals surface area contributed by atoms with E-state index in [9.17, 15) is 9.00 Å². The zero-order chi connectivity index (χ0) is 9.26. The largest absolute Gasteiger partial charge is 0.288 e. The van der Waals surface area contributed by atoms with Gasteiger partial charge in [-0.05, 0) is 11.6 Å². The van der Waals surface area contributed by atoms with Gasteiger partial charge in [-0.25, -0.2) is 4.21 Å². The van der Waals surface area contributed by atoms with Crippen LogP contribution in [0.25, 0.3) is 6.08 Å². The van der Waals surface area contributed by atoms with E-state index in [4.69, 9.17) is 0 Å². The molecule has 0 aromatic heterocycles. The summed E-state index contributed by atoms with van der Waals surface area (Å²) in [6, 6.07) is 7.25. The third-order valence-electron chi connectivity index (χ3n) is 1.93. The van der Waals surface area contributed by atoms with Crippen molar-refractivity contribution in [3.8, 4) is 0 Å². The zero-order valence-electron chi connectivity index (χ0n) is 6.69. The Labute approximate surface area is 79.0 Å². The molecule has 0 radical (unpaired) electrons. The van der Waals surface area contributed by atoms with Gasteiger partial charge in [0.1, 0.15) is 16.1 Å². The van der Waals surface area contributed by atoms with Crippen molar-refractivity contribution in [3.05, 3.63) is 41.5 Å². The number of rotatable bonds is 0. The van der Waals surface area contributed by atoms with Gasteiger partial charge in [-0.2, -0.15) is 0 Å². The summed E-state index contributed by atoms with van der Waals surface area (Å²) in [5.41, 5.74) is 1.49. The molecule has 13 heavy (non-hydrogen) atoms. The van der Waals surface area contributed by atoms with E-state index in [0.717, 1.165) is 5.56 Å². The first-order valence-electron chi connectivity index (χ1n) is 3.81. The highest BCUT2D eigenvalue weighted by molar-refractivity contribution is 7.69. The van der Waals surface area contributed by atoms with Crippen molar-refractivity contribution < 1.29 is 9.00 Å². The van der Waals surface area contributed by atoms with Gasteiger partial charge in [0, 0.05) is 5.56 Å². The van der Waals surface area contributed by atoms with Crippen LogP contribution in [0.4, 0.5) is 0 Å². The molecule has 64 valence electrons. The molecule has 0 saturated heterocycles. The van der Waals surface area contributed by atoms with Gasteiger partial charge in [0.25, 0.3) is 0 Å². The smallest absolute Gasteiger partial charge is 0.206 e. The Bertz CT molecular complexity index is 454. The minimum absolute atomic E-state index is 0.168. The first-order chi connectivity index (χ1) is 6.33. The number of carbonyl (C=O) groups is 1. The summed E-state index contributed by atoms with van der Waals surface area (Å²) in [5.74, 6) is -0.168. The number of fused-ring (bicyclic) bond motifs is 1. The molecule has 0 N–H and O–H groups in total. The molecular weight excluding hydrogens is 184 g/mol. The quantitative estimate of drug-likeness (QED) is 0.577. The molecule has 0 fully saturated rings. The minimum atomic E-state index is -0.168. The van der Waals surface area contributed by atoms with Gasteiger partial charge in [0.05, 0.1) is 0 Å². The molecule has 0 amide bonds. The lowest BCUT2D eigenvalue weighted by molar-refractivity contribution is 0.106. The van der Waals surface area contributed by atoms with Gasteiger partial charge >= 0.3 is 0 Å². The van der Waals surface area contributed by atoms with E-state index in [-0.39, 0.29) is 21.9 Å². The normalized spacial score (nSPS) is 14.2. The van der Waals surface area contributed by atoms with Crippen LogP contribution >= 0.6 is 0 Å². The maximum atomic E-state index is 11.5. The molecule has 1 aliphatic carbocycles. The molecule has 0 atom stereocenters. The Kier molecular flexibility index (Phi) is 1.94. The zero-order valence-corrected chi connectivity index (χ0v) is 7.51. The molecule has 0 aliphatic heterocycles. The highest BCUT2D eigenvalue weighted by atomic mass is 32.1. The summed E-state index contributed by atoms with van der Waals surface area (Å²) < 4.78 is 10.5. The predicted octanol–water partition coefficient (Wildman–Crippen LogP) is 1.28. The predicted molar refractivity (Wildman–Crippen MR) is 53.0 cm³/mol. The van der Waals surface area contributed by atoms with Gasteiger partial charge in [-0.15, -0.1) is 0 Å². The third kappa shape index (κ3) is 1.27. The number of Topliss-reactive ketones (excluding diaryl/α,β-unsaturated/α-hetero) is 1. The average molecular weight is 190 g/mol.